The van der Waals surface area contributed by atoms with Gasteiger partial charge in [0.2, 0.25) is 0 Å². The first kappa shape index (κ1) is 22.6. The molecule has 0 aliphatic rings. The van der Waals surface area contributed by atoms with Gasteiger partial charge in [0.25, 0.3) is 5.91 Å². The SMILES string of the molecule is Cn1ncc(Cl)c1-c1sc(C(N)=O)c([C@@H](CN)Cc2ccccc2C(F)(F)F)c1Cl. The van der Waals surface area contributed by atoms with Gasteiger partial charge in [-0.05, 0) is 30.2 Å². The molecule has 30 heavy (non-hydrogen) atoms. The van der Waals surface area contributed by atoms with E-state index in [1.54, 1.807) is 7.05 Å². The van der Waals surface area contributed by atoms with Gasteiger partial charge in [0.15, 0.2) is 0 Å². The van der Waals surface area contributed by atoms with Crippen LogP contribution < -0.4 is 11.5 Å². The number of carbonyl (C=O) groups excluding carboxylic acids is 1. The van der Waals surface area contributed by atoms with E-state index < -0.39 is 23.6 Å². The Morgan fingerprint density at radius 2 is 1.97 bits per heavy atom. The van der Waals surface area contributed by atoms with Crippen molar-refractivity contribution in [2.75, 3.05) is 6.54 Å². The molecular weight excluding hydrogens is 460 g/mol. The summed E-state index contributed by atoms with van der Waals surface area (Å²) in [6.45, 7) is -0.0402. The molecule has 2 aromatic heterocycles. The highest BCUT2D eigenvalue weighted by Crippen LogP contribution is 2.46. The summed E-state index contributed by atoms with van der Waals surface area (Å²) in [5.41, 5.74) is 11.5. The maximum absolute atomic E-state index is 13.4. The highest BCUT2D eigenvalue weighted by molar-refractivity contribution is 7.18. The molecule has 0 spiro atoms. The Bertz CT molecular complexity index is 1070. The predicted molar refractivity (Wildman–Crippen MR) is 112 cm³/mol. The Labute approximate surface area is 184 Å². The average Bonchev–Trinajstić information content (AvgIpc) is 3.18. The number of aromatic nitrogens is 2. The Kier molecular flexibility index (Phi) is 6.47. The molecule has 11 heteroatoms. The molecule has 1 atom stereocenters. The van der Waals surface area contributed by atoms with Crippen LogP contribution in [0.2, 0.25) is 10.0 Å². The van der Waals surface area contributed by atoms with E-state index in [2.05, 4.69) is 5.10 Å². The van der Waals surface area contributed by atoms with Gasteiger partial charge < -0.3 is 11.5 Å². The van der Waals surface area contributed by atoms with Crippen LogP contribution in [-0.4, -0.2) is 22.2 Å². The maximum Gasteiger partial charge on any atom is 0.416 e. The lowest BCUT2D eigenvalue weighted by molar-refractivity contribution is -0.138. The molecule has 0 radical (unpaired) electrons. The van der Waals surface area contributed by atoms with Gasteiger partial charge in [-0.1, -0.05) is 41.4 Å². The molecule has 160 valence electrons. The number of nitrogens with two attached hydrogens (primary N) is 2. The van der Waals surface area contributed by atoms with E-state index in [1.165, 1.54) is 29.1 Å². The summed E-state index contributed by atoms with van der Waals surface area (Å²) >= 11 is 13.8. The third-order valence-corrected chi connectivity index (χ3v) is 6.71. The fourth-order valence-electron chi connectivity index (χ4n) is 3.33. The van der Waals surface area contributed by atoms with Gasteiger partial charge in [0, 0.05) is 13.0 Å². The van der Waals surface area contributed by atoms with E-state index in [0.29, 0.717) is 21.2 Å². The van der Waals surface area contributed by atoms with Crippen LogP contribution in [0.25, 0.3) is 10.6 Å². The fourth-order valence-corrected chi connectivity index (χ4v) is 5.38. The van der Waals surface area contributed by atoms with E-state index in [0.717, 1.165) is 17.4 Å². The maximum atomic E-state index is 13.4. The molecule has 0 unspecified atom stereocenters. The Morgan fingerprint density at radius 3 is 2.50 bits per heavy atom. The van der Waals surface area contributed by atoms with Gasteiger partial charge in [-0.3, -0.25) is 9.48 Å². The van der Waals surface area contributed by atoms with Gasteiger partial charge in [-0.25, -0.2) is 0 Å². The zero-order valence-corrected chi connectivity index (χ0v) is 18.0. The van der Waals surface area contributed by atoms with Crippen molar-refractivity contribution in [3.8, 4) is 10.6 Å². The Morgan fingerprint density at radius 1 is 1.30 bits per heavy atom. The smallest absolute Gasteiger partial charge is 0.365 e. The van der Waals surface area contributed by atoms with Crippen LogP contribution in [0, 0.1) is 0 Å². The summed E-state index contributed by atoms with van der Waals surface area (Å²) in [7, 11) is 1.65. The van der Waals surface area contributed by atoms with Crippen LogP contribution in [0.5, 0.6) is 0 Å². The molecule has 3 rings (SSSR count). The number of thiophene rings is 1. The van der Waals surface area contributed by atoms with Gasteiger partial charge in [0.05, 0.1) is 37.3 Å². The third-order valence-electron chi connectivity index (χ3n) is 4.70. The lowest BCUT2D eigenvalue weighted by atomic mass is 9.89. The normalized spacial score (nSPS) is 12.9. The molecule has 3 aromatic rings. The molecule has 0 fully saturated rings. The summed E-state index contributed by atoms with van der Waals surface area (Å²) in [5.74, 6) is -1.41. The van der Waals surface area contributed by atoms with Crippen molar-refractivity contribution < 1.29 is 18.0 Å². The minimum absolute atomic E-state index is 0.0402. The first-order valence-electron chi connectivity index (χ1n) is 8.71. The summed E-state index contributed by atoms with van der Waals surface area (Å²) in [4.78, 5) is 12.7. The molecule has 1 amide bonds. The number of primary amides is 1. The standard InChI is InChI=1S/C19H17Cl2F3N4OS/c1-28-15(12(20)8-27-28)17-14(21)13(16(30-17)18(26)29)10(7-25)6-9-4-2-3-5-11(9)19(22,23)24/h2-5,8,10H,6-7,25H2,1H3,(H2,26,29)/t10-/m1/s1. The molecule has 5 nitrogen and oxygen atoms in total. The second kappa shape index (κ2) is 8.58. The third kappa shape index (κ3) is 4.20. The van der Waals surface area contributed by atoms with Crippen molar-refractivity contribution in [2.24, 2.45) is 18.5 Å². The number of nitrogens with zero attached hydrogens (tertiary/aromatic N) is 2. The predicted octanol–water partition coefficient (Wildman–Crippen LogP) is 4.86. The fraction of sp³-hybridized carbons (Fsp3) is 0.263. The van der Waals surface area contributed by atoms with E-state index in [4.69, 9.17) is 34.7 Å². The second-order valence-electron chi connectivity index (χ2n) is 6.61. The van der Waals surface area contributed by atoms with Crippen molar-refractivity contribution in [3.63, 3.8) is 0 Å². The van der Waals surface area contributed by atoms with Crippen LogP contribution in [0.3, 0.4) is 0 Å². The summed E-state index contributed by atoms with van der Waals surface area (Å²) in [6.07, 6.45) is -3.16. The molecule has 4 N–H and O–H groups in total. The van der Waals surface area contributed by atoms with E-state index in [-0.39, 0.29) is 28.4 Å². The number of benzene rings is 1. The molecule has 0 bridgehead atoms. The van der Waals surface area contributed by atoms with Crippen molar-refractivity contribution in [1.82, 2.24) is 9.78 Å². The number of halogens is 5. The highest BCUT2D eigenvalue weighted by atomic mass is 35.5. The molecule has 2 heterocycles. The number of amides is 1. The number of rotatable bonds is 6. The lowest BCUT2D eigenvalue weighted by Gasteiger charge is -2.19. The van der Waals surface area contributed by atoms with Crippen LogP contribution in [0.4, 0.5) is 13.2 Å². The van der Waals surface area contributed by atoms with Gasteiger partial charge >= 0.3 is 6.18 Å². The highest BCUT2D eigenvalue weighted by Gasteiger charge is 2.35. The molecule has 1 aromatic carbocycles. The first-order chi connectivity index (χ1) is 14.1. The van der Waals surface area contributed by atoms with Crippen LogP contribution in [-0.2, 0) is 19.6 Å². The van der Waals surface area contributed by atoms with Crippen molar-refractivity contribution in [3.05, 3.63) is 62.1 Å². The van der Waals surface area contributed by atoms with Gasteiger partial charge in [-0.2, -0.15) is 18.3 Å². The quantitative estimate of drug-likeness (QED) is 0.532. The van der Waals surface area contributed by atoms with Crippen LogP contribution in [0.15, 0.2) is 30.5 Å². The number of aryl methyl sites for hydroxylation is 1. The summed E-state index contributed by atoms with van der Waals surface area (Å²) in [5, 5.41) is 4.55. The number of carbonyl (C=O) groups is 1. The van der Waals surface area contributed by atoms with Crippen molar-refractivity contribution in [2.45, 2.75) is 18.5 Å². The minimum Gasteiger partial charge on any atom is -0.365 e. The molecule has 0 saturated heterocycles. The first-order valence-corrected chi connectivity index (χ1v) is 10.3. The topological polar surface area (TPSA) is 86.9 Å². The number of hydrogen-bond acceptors (Lipinski definition) is 4. The summed E-state index contributed by atoms with van der Waals surface area (Å²) < 4.78 is 41.7. The minimum atomic E-state index is -4.52. The largest absolute Gasteiger partial charge is 0.416 e. The molecular formula is C19H17Cl2F3N4OS. The molecule has 0 aliphatic heterocycles. The zero-order valence-electron chi connectivity index (χ0n) is 15.6. The average molecular weight is 477 g/mol. The van der Waals surface area contributed by atoms with E-state index in [1.807, 2.05) is 0 Å². The van der Waals surface area contributed by atoms with E-state index in [9.17, 15) is 18.0 Å². The monoisotopic (exact) mass is 476 g/mol. The van der Waals surface area contributed by atoms with Crippen LogP contribution >= 0.6 is 34.5 Å². The number of alkyl halides is 3. The van der Waals surface area contributed by atoms with Gasteiger partial charge in [0.1, 0.15) is 0 Å². The van der Waals surface area contributed by atoms with Gasteiger partial charge in [-0.15, -0.1) is 11.3 Å². The number of hydrogen-bond donors (Lipinski definition) is 2. The molecule has 0 aliphatic carbocycles. The van der Waals surface area contributed by atoms with Crippen molar-refractivity contribution >= 4 is 40.4 Å². The van der Waals surface area contributed by atoms with Crippen molar-refractivity contribution in [1.29, 1.82) is 0 Å². The second-order valence-corrected chi connectivity index (χ2v) is 8.41. The molecule has 0 saturated carbocycles. The zero-order chi connectivity index (χ0) is 22.2. The van der Waals surface area contributed by atoms with Crippen LogP contribution in [0.1, 0.15) is 32.3 Å². The van der Waals surface area contributed by atoms with E-state index >= 15 is 0 Å². The Hall–Kier alpha value is -2.07. The Balaban J connectivity index is 2.13. The summed E-state index contributed by atoms with van der Waals surface area (Å²) in [6, 6.07) is 5.23. The lowest BCUT2D eigenvalue weighted by Crippen LogP contribution is -2.21.